The molecular weight excluding hydrogens is 553 g/mol. The van der Waals surface area contributed by atoms with E-state index in [-0.39, 0.29) is 46.7 Å². The van der Waals surface area contributed by atoms with E-state index in [1.165, 1.54) is 7.11 Å². The molecule has 43 heavy (non-hydrogen) atoms. The van der Waals surface area contributed by atoms with Gasteiger partial charge in [-0.2, -0.15) is 0 Å². The van der Waals surface area contributed by atoms with Crippen molar-refractivity contribution in [1.82, 2.24) is 20.3 Å². The molecule has 1 fully saturated rings. The molecule has 218 valence electrons. The van der Waals surface area contributed by atoms with E-state index in [9.17, 15) is 14.7 Å². The summed E-state index contributed by atoms with van der Waals surface area (Å²) in [6, 6.07) is -0.286. The zero-order chi connectivity index (χ0) is 30.0. The SMILES string of the molecule is C=Cc1c2[n-]c(c1C)/C=C1\NC(C3=c4[n-]/c(c(C)c4C(=O)[C@@H]3C(=O)OC)=C\c3[n-]c(/c(=C\O)c3CC)=C\2)[C@@H](CC)[C@@H]1C.[Mg+2]. The predicted octanol–water partition coefficient (Wildman–Crippen LogP) is 1.08. The van der Waals surface area contributed by atoms with Gasteiger partial charge in [-0.1, -0.05) is 74.8 Å². The number of hydrogen-bond donors (Lipinski definition) is 2. The summed E-state index contributed by atoms with van der Waals surface area (Å²) in [5.41, 5.74) is 7.78. The van der Waals surface area contributed by atoms with Crippen LogP contribution >= 0.6 is 0 Å². The number of aliphatic hydroxyl groups excluding tert-OH is 1. The van der Waals surface area contributed by atoms with Crippen LogP contribution < -0.4 is 41.5 Å². The topological polar surface area (TPSA) is 118 Å². The molecule has 4 atom stereocenters. The van der Waals surface area contributed by atoms with Crippen molar-refractivity contribution in [2.75, 3.05) is 7.11 Å². The van der Waals surface area contributed by atoms with E-state index in [1.54, 1.807) is 6.08 Å². The van der Waals surface area contributed by atoms with Crippen LogP contribution in [0.5, 0.6) is 0 Å². The number of rotatable bonds is 4. The van der Waals surface area contributed by atoms with E-state index >= 15 is 0 Å². The maximum absolute atomic E-state index is 13.9. The van der Waals surface area contributed by atoms with Gasteiger partial charge in [0.1, 0.15) is 5.92 Å². The Labute approximate surface area is 266 Å². The van der Waals surface area contributed by atoms with Crippen LogP contribution in [0.25, 0.3) is 36.1 Å². The number of carbonyl (C=O) groups excluding carboxylic acids is 2. The number of esters is 1. The van der Waals surface area contributed by atoms with E-state index in [1.807, 2.05) is 32.9 Å². The summed E-state index contributed by atoms with van der Waals surface area (Å²) in [5, 5.41) is 16.4. The quantitative estimate of drug-likeness (QED) is 0.265. The van der Waals surface area contributed by atoms with Crippen LogP contribution in [0.3, 0.4) is 0 Å². The molecule has 2 aliphatic heterocycles. The number of Topliss-reactive ketones (excluding diaryl/α,β-unsaturated/α-hetero) is 1. The van der Waals surface area contributed by atoms with E-state index < -0.39 is 11.9 Å². The molecule has 0 radical (unpaired) electrons. The Bertz CT molecular complexity index is 1950. The number of methoxy groups -OCH3 is 1. The first-order valence-electron chi connectivity index (χ1n) is 14.5. The number of allylic oxidation sites excluding steroid dienone is 1. The Morgan fingerprint density at radius 1 is 1.07 bits per heavy atom. The van der Waals surface area contributed by atoms with Gasteiger partial charge < -0.3 is 30.1 Å². The molecule has 1 aliphatic carbocycles. The van der Waals surface area contributed by atoms with Gasteiger partial charge in [-0.15, -0.1) is 33.1 Å². The predicted molar refractivity (Wildman–Crippen MR) is 168 cm³/mol. The molecule has 1 saturated heterocycles. The van der Waals surface area contributed by atoms with Gasteiger partial charge in [0.15, 0.2) is 5.78 Å². The van der Waals surface area contributed by atoms with E-state index in [0.717, 1.165) is 46.5 Å². The summed E-state index contributed by atoms with van der Waals surface area (Å²) in [6.07, 6.45) is 10.2. The number of aromatic nitrogens is 3. The van der Waals surface area contributed by atoms with Gasteiger partial charge in [-0.05, 0) is 42.5 Å². The smallest absolute Gasteiger partial charge is 0.657 e. The van der Waals surface area contributed by atoms with E-state index in [4.69, 9.17) is 19.7 Å². The average Bonchev–Trinajstić information content (AvgIpc) is 3.72. The Hall–Kier alpha value is -3.69. The fourth-order valence-corrected chi connectivity index (χ4v) is 7.14. The summed E-state index contributed by atoms with van der Waals surface area (Å²) in [4.78, 5) is 41.9. The summed E-state index contributed by atoms with van der Waals surface area (Å²) >= 11 is 0. The van der Waals surface area contributed by atoms with Gasteiger partial charge in [-0.3, -0.25) is 9.59 Å². The Balaban J connectivity index is 0.00000368. The average molecular weight is 588 g/mol. The molecular formula is C34H35MgN4O4-. The minimum Gasteiger partial charge on any atom is -0.657 e. The molecule has 3 aliphatic rings. The fraction of sp³-hybridized carbons (Fsp3) is 0.353. The number of carbonyl (C=O) groups is 2. The molecule has 3 aromatic rings. The molecule has 1 unspecified atom stereocenters. The van der Waals surface area contributed by atoms with Crippen LogP contribution in [0.1, 0.15) is 76.9 Å². The summed E-state index contributed by atoms with van der Waals surface area (Å²) in [7, 11) is 1.32. The molecule has 8 bridgehead atoms. The third kappa shape index (κ3) is 4.47. The van der Waals surface area contributed by atoms with E-state index in [0.29, 0.717) is 50.1 Å². The van der Waals surface area contributed by atoms with Crippen molar-refractivity contribution in [2.45, 2.75) is 53.5 Å². The number of hydrogen-bond acceptors (Lipinski definition) is 5. The Morgan fingerprint density at radius 2 is 1.79 bits per heavy atom. The second-order valence-corrected chi connectivity index (χ2v) is 11.4. The van der Waals surface area contributed by atoms with Crippen LogP contribution in [0.4, 0.5) is 0 Å². The van der Waals surface area contributed by atoms with Gasteiger partial charge in [-0.25, -0.2) is 0 Å². The molecule has 9 heteroatoms. The summed E-state index contributed by atoms with van der Waals surface area (Å²) in [5.74, 6) is -1.67. The number of ether oxygens (including phenoxy) is 1. The summed E-state index contributed by atoms with van der Waals surface area (Å²) in [6.45, 7) is 14.2. The molecule has 0 aromatic carbocycles. The standard InChI is InChI=1S/C34H35N4O4.Mg/c1-8-18-15(4)22-11-23-16(5)19(9-2)31(37-23)29-30(34(41)42-7)33(40)28-17(6)24(38-32(28)29)12-26-20(10-3)21(14-39)27(36-26)13-25(18)35-22;/h8,11-14,16,19,30-31,37H,1,9-10H2,2-7H3,(H,39,40);/q-3;+2/b23-11-,27-13-;/t16-,19-,30+,31?;/m0./s1. The van der Waals surface area contributed by atoms with Crippen LogP contribution in [0, 0.1) is 31.6 Å². The molecule has 0 amide bonds. The first kappa shape index (κ1) is 30.8. The maximum atomic E-state index is 13.9. The normalized spacial score (nSPS) is 25.2. The minimum absolute atomic E-state index is 0. The van der Waals surface area contributed by atoms with Crippen molar-refractivity contribution in [3.8, 4) is 0 Å². The van der Waals surface area contributed by atoms with Crippen molar-refractivity contribution in [1.29, 1.82) is 0 Å². The van der Waals surface area contributed by atoms with Crippen LogP contribution in [0.2, 0.25) is 0 Å². The Kier molecular flexibility index (Phi) is 8.17. The van der Waals surface area contributed by atoms with Gasteiger partial charge >= 0.3 is 29.0 Å². The van der Waals surface area contributed by atoms with Crippen molar-refractivity contribution < 1.29 is 19.4 Å². The molecule has 0 saturated carbocycles. The second-order valence-electron chi connectivity index (χ2n) is 11.4. The largest absolute Gasteiger partial charge is 2.00 e. The zero-order valence-electron chi connectivity index (χ0n) is 25.5. The van der Waals surface area contributed by atoms with Gasteiger partial charge in [0.2, 0.25) is 0 Å². The van der Waals surface area contributed by atoms with Crippen LogP contribution in [-0.4, -0.2) is 53.1 Å². The summed E-state index contributed by atoms with van der Waals surface area (Å²) < 4.78 is 5.16. The van der Waals surface area contributed by atoms with Crippen molar-refractivity contribution in [2.24, 2.45) is 17.8 Å². The molecule has 8 nitrogen and oxygen atoms in total. The molecule has 6 rings (SSSR count). The van der Waals surface area contributed by atoms with Crippen molar-refractivity contribution in [3.63, 3.8) is 0 Å². The number of nitrogens with zero attached hydrogens (tertiary/aromatic N) is 3. The molecule has 2 N–H and O–H groups in total. The van der Waals surface area contributed by atoms with Gasteiger partial charge in [0, 0.05) is 17.2 Å². The number of nitrogens with one attached hydrogen (secondary N) is 1. The number of fused-ring (bicyclic) bond motifs is 8. The fourth-order valence-electron chi connectivity index (χ4n) is 7.14. The zero-order valence-corrected chi connectivity index (χ0v) is 27.0. The molecule has 0 spiro atoms. The van der Waals surface area contributed by atoms with Crippen LogP contribution in [-0.2, 0) is 16.0 Å². The van der Waals surface area contributed by atoms with Crippen molar-refractivity contribution in [3.05, 3.63) is 78.4 Å². The number of ketones is 1. The second kappa shape index (κ2) is 11.4. The third-order valence-corrected chi connectivity index (χ3v) is 9.43. The monoisotopic (exact) mass is 587 g/mol. The first-order chi connectivity index (χ1) is 20.2. The maximum Gasteiger partial charge on any atom is 2.00 e. The Morgan fingerprint density at radius 3 is 2.42 bits per heavy atom. The minimum atomic E-state index is -1.05. The van der Waals surface area contributed by atoms with Gasteiger partial charge in [0.05, 0.1) is 19.4 Å². The van der Waals surface area contributed by atoms with Gasteiger partial charge in [0.25, 0.3) is 0 Å². The first-order valence-corrected chi connectivity index (χ1v) is 14.5. The van der Waals surface area contributed by atoms with Crippen LogP contribution in [0.15, 0.2) is 12.3 Å². The van der Waals surface area contributed by atoms with Crippen molar-refractivity contribution >= 4 is 70.9 Å². The van der Waals surface area contributed by atoms with E-state index in [2.05, 4.69) is 31.8 Å². The number of aliphatic hydroxyl groups is 1. The third-order valence-electron chi connectivity index (χ3n) is 9.43. The molecule has 5 heterocycles. The molecule has 3 aromatic heterocycles.